The number of aryl methyl sites for hydroxylation is 2. The number of carbonyl (C=O) groups excluding carboxylic acids is 1. The fourth-order valence-corrected chi connectivity index (χ4v) is 4.07. The quantitative estimate of drug-likeness (QED) is 0.661. The number of morpholine rings is 1. The number of hydrogen-bond donors (Lipinski definition) is 0. The molecule has 0 spiro atoms. The molecule has 4 heteroatoms. The molecule has 1 saturated heterocycles. The van der Waals surface area contributed by atoms with Gasteiger partial charge in [-0.05, 0) is 61.1 Å². The molecule has 1 amide bonds. The van der Waals surface area contributed by atoms with Crippen LogP contribution < -0.4 is 4.90 Å². The smallest absolute Gasteiger partial charge is 0.231 e. The molecule has 2 aliphatic heterocycles. The van der Waals surface area contributed by atoms with E-state index in [-0.39, 0.29) is 5.91 Å². The van der Waals surface area contributed by atoms with Crippen molar-refractivity contribution < 1.29 is 9.53 Å². The second kappa shape index (κ2) is 9.86. The van der Waals surface area contributed by atoms with Crippen molar-refractivity contribution in [2.24, 2.45) is 0 Å². The monoisotopic (exact) mass is 390 g/mol. The molecule has 4 rings (SSSR count). The maximum atomic E-state index is 12.6. The van der Waals surface area contributed by atoms with Crippen LogP contribution in [0.15, 0.2) is 54.7 Å². The number of unbranched alkanes of at least 4 members (excludes halogenated alkanes) is 1. The van der Waals surface area contributed by atoms with Crippen molar-refractivity contribution in [2.45, 2.75) is 32.1 Å². The van der Waals surface area contributed by atoms with Crippen LogP contribution in [0, 0.1) is 0 Å². The summed E-state index contributed by atoms with van der Waals surface area (Å²) < 4.78 is 5.42. The van der Waals surface area contributed by atoms with Crippen LogP contribution in [-0.2, 0) is 22.4 Å². The van der Waals surface area contributed by atoms with Gasteiger partial charge in [-0.25, -0.2) is 0 Å². The standard InChI is InChI=1S/C25H30N2O2/c28-25-12-11-23-10-9-22(8-4-5-14-26-16-18-29-19-17-26)20-24(23)27(25)15-13-21-6-2-1-3-7-21/h1-3,6-7,9-10,13,15,20H,4-5,8,11-12,14,16-19H2. The first-order chi connectivity index (χ1) is 14.3. The van der Waals surface area contributed by atoms with Gasteiger partial charge in [0, 0.05) is 25.7 Å². The Bertz CT molecular complexity index is 841. The molecule has 152 valence electrons. The molecular weight excluding hydrogens is 360 g/mol. The summed E-state index contributed by atoms with van der Waals surface area (Å²) >= 11 is 0. The predicted molar refractivity (Wildman–Crippen MR) is 118 cm³/mol. The van der Waals surface area contributed by atoms with E-state index in [1.807, 2.05) is 35.4 Å². The van der Waals surface area contributed by atoms with Crippen LogP contribution >= 0.6 is 0 Å². The second-order valence-electron chi connectivity index (χ2n) is 7.86. The van der Waals surface area contributed by atoms with E-state index in [4.69, 9.17) is 4.74 Å². The van der Waals surface area contributed by atoms with Gasteiger partial charge in [0.25, 0.3) is 0 Å². The highest BCUT2D eigenvalue weighted by atomic mass is 16.5. The van der Waals surface area contributed by atoms with Gasteiger partial charge in [-0.2, -0.15) is 0 Å². The van der Waals surface area contributed by atoms with Crippen molar-refractivity contribution in [1.82, 2.24) is 4.90 Å². The van der Waals surface area contributed by atoms with E-state index >= 15 is 0 Å². The van der Waals surface area contributed by atoms with Gasteiger partial charge in [-0.1, -0.05) is 42.5 Å². The van der Waals surface area contributed by atoms with Crippen molar-refractivity contribution in [2.75, 3.05) is 37.7 Å². The van der Waals surface area contributed by atoms with Crippen LogP contribution in [-0.4, -0.2) is 43.7 Å². The average molecular weight is 391 g/mol. The summed E-state index contributed by atoms with van der Waals surface area (Å²) in [5.74, 6) is 0.175. The van der Waals surface area contributed by atoms with E-state index in [1.165, 1.54) is 24.0 Å². The molecule has 2 aliphatic rings. The van der Waals surface area contributed by atoms with Gasteiger partial charge in [-0.3, -0.25) is 14.6 Å². The molecule has 0 aromatic heterocycles. The molecule has 0 aliphatic carbocycles. The number of amides is 1. The lowest BCUT2D eigenvalue weighted by molar-refractivity contribution is -0.118. The number of rotatable bonds is 7. The minimum atomic E-state index is 0.175. The molecule has 0 radical (unpaired) electrons. The Hall–Kier alpha value is -2.43. The zero-order chi connectivity index (χ0) is 19.9. The summed E-state index contributed by atoms with van der Waals surface area (Å²) in [5.41, 5.74) is 4.74. The molecule has 2 aromatic rings. The number of hydrogen-bond acceptors (Lipinski definition) is 3. The van der Waals surface area contributed by atoms with Crippen LogP contribution in [0.2, 0.25) is 0 Å². The first-order valence-electron chi connectivity index (χ1n) is 10.8. The van der Waals surface area contributed by atoms with Gasteiger partial charge >= 0.3 is 0 Å². The second-order valence-corrected chi connectivity index (χ2v) is 7.86. The molecular formula is C25H30N2O2. The molecule has 0 unspecified atom stereocenters. The maximum Gasteiger partial charge on any atom is 0.231 e. The Kier molecular flexibility index (Phi) is 6.75. The highest BCUT2D eigenvalue weighted by molar-refractivity contribution is 5.98. The third-order valence-corrected chi connectivity index (χ3v) is 5.80. The van der Waals surface area contributed by atoms with Crippen LogP contribution in [0.1, 0.15) is 36.0 Å². The molecule has 29 heavy (non-hydrogen) atoms. The number of carbonyl (C=O) groups is 1. The first-order valence-corrected chi connectivity index (χ1v) is 10.8. The molecule has 1 fully saturated rings. The van der Waals surface area contributed by atoms with Crippen molar-refractivity contribution in [3.05, 3.63) is 71.4 Å². The van der Waals surface area contributed by atoms with E-state index < -0.39 is 0 Å². The van der Waals surface area contributed by atoms with Gasteiger partial charge in [0.05, 0.1) is 18.9 Å². The van der Waals surface area contributed by atoms with Gasteiger partial charge in [0.15, 0.2) is 0 Å². The van der Waals surface area contributed by atoms with E-state index in [9.17, 15) is 4.79 Å². The van der Waals surface area contributed by atoms with Crippen molar-refractivity contribution in [3.8, 4) is 0 Å². The third kappa shape index (κ3) is 5.34. The van der Waals surface area contributed by atoms with Crippen LogP contribution in [0.4, 0.5) is 5.69 Å². The first kappa shape index (κ1) is 19.9. The summed E-state index contributed by atoms with van der Waals surface area (Å²) in [6.07, 6.45) is 8.78. The SMILES string of the molecule is O=C1CCc2ccc(CCCCN3CCOCC3)cc2N1C=Cc1ccccc1. The number of fused-ring (bicyclic) bond motifs is 1. The van der Waals surface area contributed by atoms with Crippen LogP contribution in [0.5, 0.6) is 0 Å². The number of anilines is 1. The van der Waals surface area contributed by atoms with E-state index in [0.29, 0.717) is 6.42 Å². The zero-order valence-electron chi connectivity index (χ0n) is 17.1. The summed E-state index contributed by atoms with van der Waals surface area (Å²) in [5, 5.41) is 0. The Morgan fingerprint density at radius 2 is 1.79 bits per heavy atom. The van der Waals surface area contributed by atoms with E-state index in [1.54, 1.807) is 0 Å². The summed E-state index contributed by atoms with van der Waals surface area (Å²) in [7, 11) is 0. The molecule has 2 heterocycles. The Labute approximate surface area is 173 Å². The Balaban J connectivity index is 1.39. The lowest BCUT2D eigenvalue weighted by Crippen LogP contribution is -2.36. The fraction of sp³-hybridized carbons (Fsp3) is 0.400. The van der Waals surface area contributed by atoms with Gasteiger partial charge in [-0.15, -0.1) is 0 Å². The molecule has 4 nitrogen and oxygen atoms in total. The molecule has 0 atom stereocenters. The van der Waals surface area contributed by atoms with Crippen LogP contribution in [0.3, 0.4) is 0 Å². The normalized spacial score (nSPS) is 17.7. The minimum absolute atomic E-state index is 0.175. The van der Waals surface area contributed by atoms with Gasteiger partial charge in [0.1, 0.15) is 0 Å². The van der Waals surface area contributed by atoms with Crippen LogP contribution in [0.25, 0.3) is 6.08 Å². The average Bonchev–Trinajstić information content (AvgIpc) is 2.77. The summed E-state index contributed by atoms with van der Waals surface area (Å²) in [6.45, 7) is 5.00. The zero-order valence-corrected chi connectivity index (χ0v) is 17.1. The number of ether oxygens (including phenoxy) is 1. The Morgan fingerprint density at radius 3 is 2.62 bits per heavy atom. The molecule has 0 bridgehead atoms. The largest absolute Gasteiger partial charge is 0.379 e. The molecule has 2 aromatic carbocycles. The highest BCUT2D eigenvalue weighted by Crippen LogP contribution is 2.30. The summed E-state index contributed by atoms with van der Waals surface area (Å²) in [6, 6.07) is 16.8. The lowest BCUT2D eigenvalue weighted by atomic mass is 9.97. The Morgan fingerprint density at radius 1 is 0.966 bits per heavy atom. The number of benzene rings is 2. The van der Waals surface area contributed by atoms with E-state index in [0.717, 1.165) is 56.9 Å². The topological polar surface area (TPSA) is 32.8 Å². The fourth-order valence-electron chi connectivity index (χ4n) is 4.07. The number of nitrogens with zero attached hydrogens (tertiary/aromatic N) is 2. The van der Waals surface area contributed by atoms with Crippen molar-refractivity contribution in [1.29, 1.82) is 0 Å². The minimum Gasteiger partial charge on any atom is -0.379 e. The van der Waals surface area contributed by atoms with Gasteiger partial charge in [0.2, 0.25) is 5.91 Å². The lowest BCUT2D eigenvalue weighted by Gasteiger charge is -2.27. The third-order valence-electron chi connectivity index (χ3n) is 5.80. The van der Waals surface area contributed by atoms with Crippen molar-refractivity contribution >= 4 is 17.7 Å². The van der Waals surface area contributed by atoms with Crippen molar-refractivity contribution in [3.63, 3.8) is 0 Å². The molecule has 0 saturated carbocycles. The van der Waals surface area contributed by atoms with E-state index in [2.05, 4.69) is 35.2 Å². The maximum absolute atomic E-state index is 12.6. The van der Waals surface area contributed by atoms with Gasteiger partial charge < -0.3 is 4.74 Å². The molecule has 0 N–H and O–H groups in total. The predicted octanol–water partition coefficient (Wildman–Crippen LogP) is 4.29. The summed E-state index contributed by atoms with van der Waals surface area (Å²) in [4.78, 5) is 16.9. The highest BCUT2D eigenvalue weighted by Gasteiger charge is 2.22.